The van der Waals surface area contributed by atoms with E-state index in [2.05, 4.69) is 10.6 Å². The third-order valence-corrected chi connectivity index (χ3v) is 1.05. The summed E-state index contributed by atoms with van der Waals surface area (Å²) in [6, 6.07) is 0. The first kappa shape index (κ1) is 8.94. The highest BCUT2D eigenvalue weighted by Gasteiger charge is 1.99. The van der Waals surface area contributed by atoms with Crippen LogP contribution in [0.4, 0.5) is 0 Å². The van der Waals surface area contributed by atoms with Gasteiger partial charge in [-0.3, -0.25) is 9.59 Å². The summed E-state index contributed by atoms with van der Waals surface area (Å²) < 4.78 is 0. The Kier molecular flexibility index (Phi) is 4.28. The predicted octanol–water partition coefficient (Wildman–Crippen LogP) is -0.741. The molecule has 0 aromatic heterocycles. The fourth-order valence-corrected chi connectivity index (χ4v) is 0.392. The van der Waals surface area contributed by atoms with Crippen molar-refractivity contribution in [2.45, 2.75) is 13.3 Å². The molecule has 0 saturated carbocycles. The molecule has 0 spiro atoms. The van der Waals surface area contributed by atoms with E-state index in [1.54, 1.807) is 6.92 Å². The van der Waals surface area contributed by atoms with E-state index in [0.717, 1.165) is 0 Å². The van der Waals surface area contributed by atoms with Crippen LogP contribution in [0, 0.1) is 0 Å². The van der Waals surface area contributed by atoms with Gasteiger partial charge in [0.05, 0.1) is 6.54 Å². The van der Waals surface area contributed by atoms with Crippen molar-refractivity contribution in [3.05, 3.63) is 0 Å². The Hall–Kier alpha value is -1.06. The maximum Gasteiger partial charge on any atom is 0.239 e. The van der Waals surface area contributed by atoms with E-state index < -0.39 is 0 Å². The number of hydrogen-bond donors (Lipinski definition) is 2. The lowest BCUT2D eigenvalue weighted by atomic mass is 10.4. The average molecular weight is 144 g/mol. The van der Waals surface area contributed by atoms with Crippen LogP contribution in [-0.2, 0) is 9.59 Å². The third-order valence-electron chi connectivity index (χ3n) is 1.05. The zero-order valence-corrected chi connectivity index (χ0v) is 6.23. The average Bonchev–Trinajstić information content (AvgIpc) is 1.99. The molecular formula is C6H12N2O2. The van der Waals surface area contributed by atoms with Gasteiger partial charge in [-0.15, -0.1) is 0 Å². The van der Waals surface area contributed by atoms with Crippen molar-refractivity contribution in [1.82, 2.24) is 10.6 Å². The molecule has 10 heavy (non-hydrogen) atoms. The maximum absolute atomic E-state index is 10.5. The van der Waals surface area contributed by atoms with Crippen molar-refractivity contribution >= 4 is 11.8 Å². The molecule has 0 saturated heterocycles. The van der Waals surface area contributed by atoms with Crippen LogP contribution in [0.5, 0.6) is 0 Å². The van der Waals surface area contributed by atoms with E-state index in [9.17, 15) is 9.59 Å². The predicted molar refractivity (Wildman–Crippen MR) is 37.4 cm³/mol. The van der Waals surface area contributed by atoms with Gasteiger partial charge >= 0.3 is 0 Å². The monoisotopic (exact) mass is 144 g/mol. The minimum atomic E-state index is -0.179. The van der Waals surface area contributed by atoms with Crippen molar-refractivity contribution in [3.63, 3.8) is 0 Å². The van der Waals surface area contributed by atoms with Crippen molar-refractivity contribution in [2.24, 2.45) is 0 Å². The van der Waals surface area contributed by atoms with Gasteiger partial charge in [0, 0.05) is 13.5 Å². The summed E-state index contributed by atoms with van der Waals surface area (Å²) >= 11 is 0. The van der Waals surface area contributed by atoms with E-state index in [-0.39, 0.29) is 18.4 Å². The summed E-state index contributed by atoms with van der Waals surface area (Å²) in [6.45, 7) is 1.81. The van der Waals surface area contributed by atoms with Crippen LogP contribution < -0.4 is 10.6 Å². The molecule has 0 aromatic rings. The molecule has 58 valence electrons. The number of carbonyl (C=O) groups excluding carboxylic acids is 2. The summed E-state index contributed by atoms with van der Waals surface area (Å²) in [7, 11) is 1.53. The molecule has 0 rings (SSSR count). The lowest BCUT2D eigenvalue weighted by molar-refractivity contribution is -0.125. The van der Waals surface area contributed by atoms with E-state index in [0.29, 0.717) is 6.42 Å². The van der Waals surface area contributed by atoms with Gasteiger partial charge in [0.2, 0.25) is 11.8 Å². The Bertz CT molecular complexity index is 118. The summed E-state index contributed by atoms with van der Waals surface area (Å²) in [5.74, 6) is -0.287. The maximum atomic E-state index is 10.5. The first-order chi connectivity index (χ1) is 4.70. The normalized spacial score (nSPS) is 8.60. The lowest BCUT2D eigenvalue weighted by Gasteiger charge is -2.00. The smallest absolute Gasteiger partial charge is 0.239 e. The van der Waals surface area contributed by atoms with Gasteiger partial charge in [-0.2, -0.15) is 0 Å². The van der Waals surface area contributed by atoms with Crippen molar-refractivity contribution < 1.29 is 9.59 Å². The third kappa shape index (κ3) is 3.88. The Morgan fingerprint density at radius 3 is 2.30 bits per heavy atom. The standard InChI is InChI=1S/C6H12N2O2/c1-3-5(9)8-4-6(10)7-2/h3-4H2,1-2H3,(H,7,10)(H,8,9). The quantitative estimate of drug-likeness (QED) is 0.548. The molecule has 0 radical (unpaired) electrons. The van der Waals surface area contributed by atoms with Crippen LogP contribution in [0.1, 0.15) is 13.3 Å². The van der Waals surface area contributed by atoms with Gasteiger partial charge in [0.1, 0.15) is 0 Å². The second kappa shape index (κ2) is 4.78. The summed E-state index contributed by atoms with van der Waals surface area (Å²) in [4.78, 5) is 21.0. The first-order valence-electron chi connectivity index (χ1n) is 3.18. The first-order valence-corrected chi connectivity index (χ1v) is 3.18. The molecule has 0 fully saturated rings. The van der Waals surface area contributed by atoms with E-state index in [4.69, 9.17) is 0 Å². The van der Waals surface area contributed by atoms with Crippen molar-refractivity contribution in [1.29, 1.82) is 0 Å². The molecule has 2 amide bonds. The van der Waals surface area contributed by atoms with Crippen LogP contribution in [0.25, 0.3) is 0 Å². The Balaban J connectivity index is 3.35. The largest absolute Gasteiger partial charge is 0.358 e. The zero-order valence-electron chi connectivity index (χ0n) is 6.23. The fourth-order valence-electron chi connectivity index (χ4n) is 0.392. The van der Waals surface area contributed by atoms with E-state index in [1.165, 1.54) is 7.05 Å². The molecule has 4 nitrogen and oxygen atoms in total. The SMILES string of the molecule is CCC(=O)NCC(=O)NC. The van der Waals surface area contributed by atoms with Gasteiger partial charge < -0.3 is 10.6 Å². The molecule has 0 heterocycles. The molecular weight excluding hydrogens is 132 g/mol. The molecule has 0 atom stereocenters. The molecule has 4 heteroatoms. The molecule has 0 aromatic carbocycles. The molecule has 0 unspecified atom stereocenters. The van der Waals surface area contributed by atoms with Crippen LogP contribution in [0.3, 0.4) is 0 Å². The van der Waals surface area contributed by atoms with Crippen molar-refractivity contribution in [2.75, 3.05) is 13.6 Å². The number of rotatable bonds is 3. The highest BCUT2D eigenvalue weighted by molar-refractivity contribution is 5.84. The van der Waals surface area contributed by atoms with Crippen LogP contribution in [0.2, 0.25) is 0 Å². The number of likely N-dealkylation sites (N-methyl/N-ethyl adjacent to an activating group) is 1. The minimum Gasteiger partial charge on any atom is -0.358 e. The van der Waals surface area contributed by atoms with Crippen LogP contribution in [-0.4, -0.2) is 25.4 Å². The summed E-state index contributed by atoms with van der Waals surface area (Å²) in [5, 5.41) is 4.82. The fraction of sp³-hybridized carbons (Fsp3) is 0.667. The van der Waals surface area contributed by atoms with Gasteiger partial charge in [0.15, 0.2) is 0 Å². The molecule has 0 aliphatic carbocycles. The molecule has 0 aliphatic rings. The summed E-state index contributed by atoms with van der Waals surface area (Å²) in [6.07, 6.45) is 0.414. The van der Waals surface area contributed by atoms with Crippen LogP contribution >= 0.6 is 0 Å². The Morgan fingerprint density at radius 2 is 1.90 bits per heavy atom. The molecule has 2 N–H and O–H groups in total. The van der Waals surface area contributed by atoms with Gasteiger partial charge in [-0.05, 0) is 0 Å². The highest BCUT2D eigenvalue weighted by atomic mass is 16.2. The number of hydrogen-bond acceptors (Lipinski definition) is 2. The Labute approximate surface area is 60.0 Å². The van der Waals surface area contributed by atoms with Crippen molar-refractivity contribution in [3.8, 4) is 0 Å². The highest BCUT2D eigenvalue weighted by Crippen LogP contribution is 1.72. The summed E-state index contributed by atoms with van der Waals surface area (Å²) in [5.41, 5.74) is 0. The topological polar surface area (TPSA) is 58.2 Å². The molecule has 0 aliphatic heterocycles. The second-order valence-corrected chi connectivity index (χ2v) is 1.80. The Morgan fingerprint density at radius 1 is 1.30 bits per heavy atom. The zero-order chi connectivity index (χ0) is 7.98. The van der Waals surface area contributed by atoms with E-state index >= 15 is 0 Å². The van der Waals surface area contributed by atoms with Gasteiger partial charge in [0.25, 0.3) is 0 Å². The van der Waals surface area contributed by atoms with Gasteiger partial charge in [-0.1, -0.05) is 6.92 Å². The number of amides is 2. The van der Waals surface area contributed by atoms with E-state index in [1.807, 2.05) is 0 Å². The minimum absolute atomic E-state index is 0.0726. The van der Waals surface area contributed by atoms with Gasteiger partial charge in [-0.25, -0.2) is 0 Å². The number of carbonyl (C=O) groups is 2. The molecule has 0 bridgehead atoms. The second-order valence-electron chi connectivity index (χ2n) is 1.80. The van der Waals surface area contributed by atoms with Crippen LogP contribution in [0.15, 0.2) is 0 Å². The number of nitrogens with one attached hydrogen (secondary N) is 2. The lowest BCUT2D eigenvalue weighted by Crippen LogP contribution is -2.34.